The van der Waals surface area contributed by atoms with Crippen LogP contribution in [0, 0.1) is 0 Å². The molecule has 0 unspecified atom stereocenters. The van der Waals surface area contributed by atoms with E-state index in [0.29, 0.717) is 11.4 Å². The molecule has 1 aromatic rings. The van der Waals surface area contributed by atoms with Gasteiger partial charge in [-0.05, 0) is 18.5 Å². The van der Waals surface area contributed by atoms with Crippen LogP contribution in [-0.4, -0.2) is 33.4 Å². The van der Waals surface area contributed by atoms with E-state index in [1.165, 1.54) is 18.6 Å². The maximum Gasteiger partial charge on any atom is 0.334 e. The third kappa shape index (κ3) is 2.48. The molecule has 0 saturated carbocycles. The van der Waals surface area contributed by atoms with Crippen LogP contribution < -0.4 is 5.73 Å². The van der Waals surface area contributed by atoms with Gasteiger partial charge in [0.25, 0.3) is 0 Å². The van der Waals surface area contributed by atoms with Gasteiger partial charge in [-0.1, -0.05) is 4.49 Å². The standard InChI is InChI=1S/C6H9N5OS/c1-4(5-3-13-10-8-5)9-11(2)6(7)12/h3H,1-2H3,(H2,7,12)/b9-4+. The fraction of sp³-hybridized carbons (Fsp3) is 0.333. The molecule has 0 spiro atoms. The summed E-state index contributed by atoms with van der Waals surface area (Å²) in [6.07, 6.45) is 0. The van der Waals surface area contributed by atoms with Crippen molar-refractivity contribution in [3.63, 3.8) is 0 Å². The fourth-order valence-electron chi connectivity index (χ4n) is 0.648. The fourth-order valence-corrected chi connectivity index (χ4v) is 1.15. The first-order chi connectivity index (χ1) is 6.11. The molecule has 70 valence electrons. The van der Waals surface area contributed by atoms with Crippen LogP contribution in [0.2, 0.25) is 0 Å². The molecule has 0 fully saturated rings. The van der Waals surface area contributed by atoms with E-state index >= 15 is 0 Å². The summed E-state index contributed by atoms with van der Waals surface area (Å²) in [5.74, 6) is 0. The second-order valence-corrected chi connectivity index (χ2v) is 2.95. The van der Waals surface area contributed by atoms with Gasteiger partial charge in [-0.3, -0.25) is 0 Å². The zero-order valence-corrected chi connectivity index (χ0v) is 8.08. The molecular weight excluding hydrogens is 190 g/mol. The van der Waals surface area contributed by atoms with Crippen molar-refractivity contribution in [1.82, 2.24) is 14.6 Å². The lowest BCUT2D eigenvalue weighted by molar-refractivity contribution is 0.220. The summed E-state index contributed by atoms with van der Waals surface area (Å²) >= 11 is 1.23. The Hall–Kier alpha value is -1.50. The molecule has 0 aliphatic carbocycles. The third-order valence-electron chi connectivity index (χ3n) is 1.35. The van der Waals surface area contributed by atoms with E-state index in [9.17, 15) is 4.79 Å². The van der Waals surface area contributed by atoms with E-state index in [2.05, 4.69) is 14.7 Å². The van der Waals surface area contributed by atoms with Crippen LogP contribution >= 0.6 is 11.5 Å². The number of hydrogen-bond donors (Lipinski definition) is 1. The summed E-state index contributed by atoms with van der Waals surface area (Å²) < 4.78 is 3.67. The number of amides is 2. The molecule has 13 heavy (non-hydrogen) atoms. The molecular formula is C6H9N5OS. The van der Waals surface area contributed by atoms with Crippen molar-refractivity contribution >= 4 is 23.3 Å². The SMILES string of the molecule is C/C(=N\N(C)C(N)=O)c1csnn1. The molecule has 7 heteroatoms. The van der Waals surface area contributed by atoms with Crippen LogP contribution in [0.1, 0.15) is 12.6 Å². The Labute approximate surface area is 79.2 Å². The number of nitrogens with two attached hydrogens (primary N) is 1. The largest absolute Gasteiger partial charge is 0.350 e. The normalized spacial score (nSPS) is 11.4. The minimum atomic E-state index is -0.609. The summed E-state index contributed by atoms with van der Waals surface area (Å²) in [4.78, 5) is 10.6. The van der Waals surface area contributed by atoms with Crippen molar-refractivity contribution in [2.24, 2.45) is 10.8 Å². The number of urea groups is 1. The molecule has 0 aromatic carbocycles. The van der Waals surface area contributed by atoms with Crippen molar-refractivity contribution in [2.45, 2.75) is 6.92 Å². The van der Waals surface area contributed by atoms with Gasteiger partial charge < -0.3 is 5.73 Å². The van der Waals surface area contributed by atoms with Crippen molar-refractivity contribution < 1.29 is 4.79 Å². The Bertz CT molecular complexity index is 320. The summed E-state index contributed by atoms with van der Waals surface area (Å²) in [6.45, 7) is 1.73. The maximum atomic E-state index is 10.6. The van der Waals surface area contributed by atoms with Gasteiger partial charge in [0.1, 0.15) is 5.69 Å². The molecule has 6 nitrogen and oxygen atoms in total. The maximum absolute atomic E-state index is 10.6. The predicted octanol–water partition coefficient (Wildman–Crippen LogP) is 0.273. The van der Waals surface area contributed by atoms with Crippen molar-refractivity contribution in [2.75, 3.05) is 7.05 Å². The van der Waals surface area contributed by atoms with E-state index in [0.717, 1.165) is 5.01 Å². The first kappa shape index (κ1) is 9.59. The van der Waals surface area contributed by atoms with Gasteiger partial charge in [0, 0.05) is 12.4 Å². The molecule has 1 rings (SSSR count). The van der Waals surface area contributed by atoms with Gasteiger partial charge in [0.05, 0.1) is 5.71 Å². The van der Waals surface area contributed by atoms with Crippen molar-refractivity contribution in [3.05, 3.63) is 11.1 Å². The lowest BCUT2D eigenvalue weighted by Gasteiger charge is -2.07. The summed E-state index contributed by atoms with van der Waals surface area (Å²) in [5.41, 5.74) is 6.24. The number of hydrazone groups is 1. The van der Waals surface area contributed by atoms with E-state index < -0.39 is 6.03 Å². The molecule has 0 saturated heterocycles. The van der Waals surface area contributed by atoms with Crippen LogP contribution in [-0.2, 0) is 0 Å². The molecule has 0 aliphatic rings. The number of rotatable bonds is 2. The van der Waals surface area contributed by atoms with E-state index in [1.54, 1.807) is 12.3 Å². The highest BCUT2D eigenvalue weighted by Crippen LogP contribution is 2.00. The molecule has 2 N–H and O–H groups in total. The molecule has 0 radical (unpaired) electrons. The lowest BCUT2D eigenvalue weighted by atomic mass is 10.3. The minimum Gasteiger partial charge on any atom is -0.350 e. The van der Waals surface area contributed by atoms with Crippen LogP contribution in [0.5, 0.6) is 0 Å². The van der Waals surface area contributed by atoms with Crippen molar-refractivity contribution in [1.29, 1.82) is 0 Å². The smallest absolute Gasteiger partial charge is 0.334 e. The van der Waals surface area contributed by atoms with Crippen LogP contribution in [0.15, 0.2) is 10.5 Å². The first-order valence-electron chi connectivity index (χ1n) is 3.47. The highest BCUT2D eigenvalue weighted by Gasteiger charge is 2.04. The van der Waals surface area contributed by atoms with Gasteiger partial charge >= 0.3 is 6.03 Å². The van der Waals surface area contributed by atoms with Gasteiger partial charge in [-0.25, -0.2) is 9.80 Å². The number of aromatic nitrogens is 2. The minimum absolute atomic E-state index is 0.607. The van der Waals surface area contributed by atoms with E-state index in [4.69, 9.17) is 5.73 Å². The Kier molecular flexibility index (Phi) is 2.91. The van der Waals surface area contributed by atoms with Crippen molar-refractivity contribution in [3.8, 4) is 0 Å². The van der Waals surface area contributed by atoms with Gasteiger partial charge in [0.2, 0.25) is 0 Å². The van der Waals surface area contributed by atoms with Crippen LogP contribution in [0.3, 0.4) is 0 Å². The molecule has 1 aromatic heterocycles. The van der Waals surface area contributed by atoms with E-state index in [1.807, 2.05) is 0 Å². The average Bonchev–Trinajstić information content (AvgIpc) is 2.55. The second-order valence-electron chi connectivity index (χ2n) is 2.34. The third-order valence-corrected chi connectivity index (χ3v) is 1.85. The average molecular weight is 199 g/mol. The molecule has 0 atom stereocenters. The zero-order chi connectivity index (χ0) is 9.84. The molecule has 0 bridgehead atoms. The molecule has 1 heterocycles. The Morgan fingerprint density at radius 3 is 2.92 bits per heavy atom. The van der Waals surface area contributed by atoms with Crippen LogP contribution in [0.25, 0.3) is 0 Å². The predicted molar refractivity (Wildman–Crippen MR) is 49.5 cm³/mol. The van der Waals surface area contributed by atoms with Gasteiger partial charge in [-0.15, -0.1) is 5.10 Å². The Balaban J connectivity index is 2.78. The zero-order valence-electron chi connectivity index (χ0n) is 7.26. The van der Waals surface area contributed by atoms with Crippen LogP contribution in [0.4, 0.5) is 4.79 Å². The number of carbonyl (C=O) groups excluding carboxylic acids is 1. The highest BCUT2D eigenvalue weighted by molar-refractivity contribution is 7.03. The van der Waals surface area contributed by atoms with Gasteiger partial charge in [-0.2, -0.15) is 5.10 Å². The highest BCUT2D eigenvalue weighted by atomic mass is 32.1. The Morgan fingerprint density at radius 2 is 2.46 bits per heavy atom. The lowest BCUT2D eigenvalue weighted by Crippen LogP contribution is -2.28. The molecule has 0 aliphatic heterocycles. The summed E-state index contributed by atoms with van der Waals surface area (Å²) in [5, 5.41) is 10.5. The number of nitrogens with zero attached hydrogens (tertiary/aromatic N) is 4. The van der Waals surface area contributed by atoms with Gasteiger partial charge in [0.15, 0.2) is 0 Å². The monoisotopic (exact) mass is 199 g/mol. The summed E-state index contributed by atoms with van der Waals surface area (Å²) in [7, 11) is 1.48. The topological polar surface area (TPSA) is 84.5 Å². The number of carbonyl (C=O) groups is 1. The molecule has 2 amide bonds. The first-order valence-corrected chi connectivity index (χ1v) is 4.30. The van der Waals surface area contributed by atoms with E-state index in [-0.39, 0.29) is 0 Å². The Morgan fingerprint density at radius 1 is 1.77 bits per heavy atom. The second kappa shape index (κ2) is 3.94. The summed E-state index contributed by atoms with van der Waals surface area (Å²) in [6, 6.07) is -0.609. The quantitative estimate of drug-likeness (QED) is 0.548. The number of hydrogen-bond acceptors (Lipinski definition) is 5. The number of primary amides is 1.